The van der Waals surface area contributed by atoms with Gasteiger partial charge in [0.05, 0.1) is 5.69 Å². The molecule has 2 N–H and O–H groups in total. The molecule has 2 aromatic rings. The molecule has 7 heteroatoms. The van der Waals surface area contributed by atoms with E-state index in [1.54, 1.807) is 0 Å². The maximum atomic E-state index is 11.7. The van der Waals surface area contributed by atoms with E-state index in [1.807, 2.05) is 44.3 Å². The van der Waals surface area contributed by atoms with Gasteiger partial charge in [-0.2, -0.15) is 0 Å². The maximum absolute atomic E-state index is 11.7. The van der Waals surface area contributed by atoms with Crippen molar-refractivity contribution in [3.05, 3.63) is 41.9 Å². The molecule has 5 nitrogen and oxygen atoms in total. The Morgan fingerprint density at radius 3 is 2.54 bits per heavy atom. The van der Waals surface area contributed by atoms with Gasteiger partial charge >= 0.3 is 0 Å². The number of carbonyl (C=O) groups is 1. The molecule has 0 aliphatic rings. The summed E-state index contributed by atoms with van der Waals surface area (Å²) >= 11 is 0. The molecule has 0 saturated heterocycles. The molecule has 1 amide bonds. The average molecular weight is 374 g/mol. The second kappa shape index (κ2) is 11.9. The Hall–Kier alpha value is -1.56. The first kappa shape index (κ1) is 22.4. The number of aromatic nitrogens is 1. The van der Waals surface area contributed by atoms with E-state index < -0.39 is 0 Å². The highest BCUT2D eigenvalue weighted by Gasteiger charge is 2.12. The van der Waals surface area contributed by atoms with Crippen LogP contribution in [0.25, 0.3) is 11.3 Å². The number of rotatable bonds is 8. The van der Waals surface area contributed by atoms with Crippen molar-refractivity contribution in [2.24, 2.45) is 0 Å². The fourth-order valence-electron chi connectivity index (χ4n) is 2.22. The Labute approximate surface area is 155 Å². The second-order valence-corrected chi connectivity index (χ2v) is 5.20. The summed E-state index contributed by atoms with van der Waals surface area (Å²) in [6.07, 6.45) is 1.85. The lowest BCUT2D eigenvalue weighted by atomic mass is 10.1. The van der Waals surface area contributed by atoms with Crippen LogP contribution in [0.5, 0.6) is 0 Å². The molecule has 134 valence electrons. The zero-order valence-corrected chi connectivity index (χ0v) is 15.6. The summed E-state index contributed by atoms with van der Waals surface area (Å²) in [5.74, 6) is 1.43. The maximum Gasteiger partial charge on any atom is 0.220 e. The summed E-state index contributed by atoms with van der Waals surface area (Å²) in [5.41, 5.74) is 1.87. The number of amides is 1. The Balaban J connectivity index is 0.00000264. The lowest BCUT2D eigenvalue weighted by Gasteiger charge is -2.03. The van der Waals surface area contributed by atoms with Gasteiger partial charge in [-0.1, -0.05) is 30.3 Å². The van der Waals surface area contributed by atoms with Crippen LogP contribution in [0.1, 0.15) is 24.4 Å². The Morgan fingerprint density at radius 1 is 1.17 bits per heavy atom. The van der Waals surface area contributed by atoms with E-state index in [0.717, 1.165) is 30.0 Å². The number of aryl methyl sites for hydroxylation is 2. The van der Waals surface area contributed by atoms with Gasteiger partial charge in [-0.05, 0) is 26.9 Å². The monoisotopic (exact) mass is 373 g/mol. The zero-order chi connectivity index (χ0) is 15.8. The molecule has 24 heavy (non-hydrogen) atoms. The van der Waals surface area contributed by atoms with Crippen molar-refractivity contribution in [1.29, 1.82) is 0 Å². The first-order valence-electron chi connectivity index (χ1n) is 7.63. The molecule has 0 spiro atoms. The second-order valence-electron chi connectivity index (χ2n) is 5.20. The summed E-state index contributed by atoms with van der Waals surface area (Å²) in [6.45, 7) is 3.52. The van der Waals surface area contributed by atoms with Gasteiger partial charge in [-0.3, -0.25) is 4.79 Å². The predicted octanol–water partition coefficient (Wildman–Crippen LogP) is 3.15. The topological polar surface area (TPSA) is 67.2 Å². The van der Waals surface area contributed by atoms with Crippen molar-refractivity contribution in [3.8, 4) is 11.3 Å². The summed E-state index contributed by atoms with van der Waals surface area (Å²) in [4.78, 5) is 16.2. The summed E-state index contributed by atoms with van der Waals surface area (Å²) in [6, 6.07) is 9.89. The highest BCUT2D eigenvalue weighted by molar-refractivity contribution is 5.85. The van der Waals surface area contributed by atoms with Crippen molar-refractivity contribution >= 4 is 30.7 Å². The summed E-state index contributed by atoms with van der Waals surface area (Å²) < 4.78 is 5.79. The minimum absolute atomic E-state index is 0. The molecule has 0 atom stereocenters. The molecule has 0 aliphatic heterocycles. The number of benzene rings is 1. The van der Waals surface area contributed by atoms with Crippen LogP contribution in [0.3, 0.4) is 0 Å². The van der Waals surface area contributed by atoms with E-state index in [1.165, 1.54) is 0 Å². The third kappa shape index (κ3) is 6.91. The number of carbonyl (C=O) groups excluding carboxylic acids is 1. The molecule has 0 bridgehead atoms. The van der Waals surface area contributed by atoms with E-state index in [4.69, 9.17) is 4.42 Å². The van der Waals surface area contributed by atoms with Gasteiger partial charge in [0, 0.05) is 24.9 Å². The molecule has 0 unspecified atom stereocenters. The third-order valence-corrected chi connectivity index (χ3v) is 3.37. The molecular formula is C17H25Cl2N3O2. The number of hydrogen-bond donors (Lipinski definition) is 2. The van der Waals surface area contributed by atoms with Gasteiger partial charge in [0.1, 0.15) is 0 Å². The highest BCUT2D eigenvalue weighted by Crippen LogP contribution is 2.24. The van der Waals surface area contributed by atoms with Crippen LogP contribution >= 0.6 is 24.8 Å². The lowest BCUT2D eigenvalue weighted by molar-refractivity contribution is -0.121. The van der Waals surface area contributed by atoms with Crippen molar-refractivity contribution < 1.29 is 9.21 Å². The van der Waals surface area contributed by atoms with Crippen molar-refractivity contribution in [2.75, 3.05) is 20.1 Å². The van der Waals surface area contributed by atoms with Gasteiger partial charge in [0.25, 0.3) is 0 Å². The van der Waals surface area contributed by atoms with Gasteiger partial charge in [0.15, 0.2) is 11.7 Å². The van der Waals surface area contributed by atoms with E-state index in [0.29, 0.717) is 25.3 Å². The number of halogens is 2. The van der Waals surface area contributed by atoms with Crippen LogP contribution in [0, 0.1) is 6.92 Å². The number of nitrogens with zero attached hydrogens (tertiary/aromatic N) is 1. The Kier molecular flexibility index (Phi) is 11.1. The zero-order valence-electron chi connectivity index (χ0n) is 14.0. The Bertz CT molecular complexity index is 603. The number of oxazole rings is 1. The van der Waals surface area contributed by atoms with E-state index >= 15 is 0 Å². The molecule has 2 rings (SSSR count). The van der Waals surface area contributed by atoms with Crippen molar-refractivity contribution in [2.45, 2.75) is 26.2 Å². The van der Waals surface area contributed by atoms with Crippen LogP contribution < -0.4 is 10.6 Å². The minimum Gasteiger partial charge on any atom is -0.440 e. The highest BCUT2D eigenvalue weighted by atomic mass is 35.5. The van der Waals surface area contributed by atoms with Crippen LogP contribution in [-0.4, -0.2) is 31.0 Å². The fourth-order valence-corrected chi connectivity index (χ4v) is 2.22. The van der Waals surface area contributed by atoms with Crippen LogP contribution in [0.4, 0.5) is 0 Å². The van der Waals surface area contributed by atoms with Crippen molar-refractivity contribution in [3.63, 3.8) is 0 Å². The summed E-state index contributed by atoms with van der Waals surface area (Å²) in [5, 5.41) is 5.94. The molecule has 0 radical (unpaired) electrons. The largest absolute Gasteiger partial charge is 0.440 e. The minimum atomic E-state index is 0. The number of hydrogen-bond acceptors (Lipinski definition) is 4. The fraction of sp³-hybridized carbons (Fsp3) is 0.412. The molecule has 0 aliphatic carbocycles. The predicted molar refractivity (Wildman–Crippen MR) is 101 cm³/mol. The number of nitrogens with one attached hydrogen (secondary N) is 2. The molecule has 1 aromatic heterocycles. The summed E-state index contributed by atoms with van der Waals surface area (Å²) in [7, 11) is 1.90. The SMILES string of the molecule is CNCCCNC(=O)CCc1nc(C)c(-c2ccccc2)o1.Cl.Cl. The van der Waals surface area contributed by atoms with Gasteiger partial charge in [0.2, 0.25) is 5.91 Å². The normalized spacial score (nSPS) is 9.75. The van der Waals surface area contributed by atoms with E-state index in [9.17, 15) is 4.79 Å². The Morgan fingerprint density at radius 2 is 1.88 bits per heavy atom. The molecular weight excluding hydrogens is 349 g/mol. The smallest absolute Gasteiger partial charge is 0.220 e. The van der Waals surface area contributed by atoms with Gasteiger partial charge in [-0.25, -0.2) is 4.98 Å². The van der Waals surface area contributed by atoms with Crippen molar-refractivity contribution in [1.82, 2.24) is 15.6 Å². The third-order valence-electron chi connectivity index (χ3n) is 3.37. The average Bonchev–Trinajstić information content (AvgIpc) is 2.91. The molecule has 0 fully saturated rings. The molecule has 0 saturated carbocycles. The van der Waals surface area contributed by atoms with E-state index in [2.05, 4.69) is 15.6 Å². The standard InChI is InChI=1S/C17H23N3O2.2ClH/c1-13-17(14-7-4-3-5-8-14)22-16(20-13)10-9-15(21)19-12-6-11-18-2;;/h3-5,7-8,18H,6,9-12H2,1-2H3,(H,19,21);2*1H. The molecule has 1 heterocycles. The molecule has 1 aromatic carbocycles. The van der Waals surface area contributed by atoms with Crippen LogP contribution in [-0.2, 0) is 11.2 Å². The van der Waals surface area contributed by atoms with Gasteiger partial charge < -0.3 is 15.1 Å². The first-order valence-corrected chi connectivity index (χ1v) is 7.63. The van der Waals surface area contributed by atoms with Crippen LogP contribution in [0.15, 0.2) is 34.7 Å². The van der Waals surface area contributed by atoms with Gasteiger partial charge in [-0.15, -0.1) is 24.8 Å². The van der Waals surface area contributed by atoms with E-state index in [-0.39, 0.29) is 30.7 Å². The quantitative estimate of drug-likeness (QED) is 0.697. The van der Waals surface area contributed by atoms with Crippen LogP contribution in [0.2, 0.25) is 0 Å². The lowest BCUT2D eigenvalue weighted by Crippen LogP contribution is -2.26. The first-order chi connectivity index (χ1) is 10.7.